The van der Waals surface area contributed by atoms with Crippen LogP contribution in [0.2, 0.25) is 5.02 Å². The molecule has 1 rings (SSSR count). The predicted octanol–water partition coefficient (Wildman–Crippen LogP) is 1.59. The van der Waals surface area contributed by atoms with Crippen LogP contribution >= 0.6 is 11.6 Å². The van der Waals surface area contributed by atoms with Crippen LogP contribution in [0.4, 0.5) is 3.89 Å². The van der Waals surface area contributed by atoms with Crippen LogP contribution in [0.25, 0.3) is 0 Å². The molecule has 0 aromatic carbocycles. The van der Waals surface area contributed by atoms with Crippen LogP contribution in [-0.4, -0.2) is 26.3 Å². The van der Waals surface area contributed by atoms with Gasteiger partial charge in [-0.25, -0.2) is 4.98 Å². The number of nitrogens with zero attached hydrogens (tertiary/aromatic N) is 1. The van der Waals surface area contributed by atoms with Gasteiger partial charge in [-0.1, -0.05) is 11.6 Å². The van der Waals surface area contributed by atoms with Gasteiger partial charge in [-0.05, 0) is 12.0 Å². The molecule has 0 radical (unpaired) electrons. The molecule has 0 fully saturated rings. The monoisotopic (exact) mass is 253 g/mol. The van der Waals surface area contributed by atoms with E-state index < -0.39 is 16.0 Å². The SMILES string of the molecule is COc1cc(CCS(=O)(=O)F)c(Cl)cn1. The zero-order valence-corrected chi connectivity index (χ0v) is 9.48. The molecule has 15 heavy (non-hydrogen) atoms. The molecule has 0 unspecified atom stereocenters. The second kappa shape index (κ2) is 4.76. The maximum Gasteiger partial charge on any atom is 0.302 e. The second-order valence-corrected chi connectivity index (χ2v) is 4.70. The maximum absolute atomic E-state index is 12.3. The van der Waals surface area contributed by atoms with E-state index in [1.807, 2.05) is 0 Å². The number of aryl methyl sites for hydroxylation is 1. The number of methoxy groups -OCH3 is 1. The first-order valence-electron chi connectivity index (χ1n) is 4.03. The van der Waals surface area contributed by atoms with E-state index >= 15 is 0 Å². The molecule has 0 bridgehead atoms. The van der Waals surface area contributed by atoms with Crippen molar-refractivity contribution >= 4 is 21.8 Å². The molecule has 0 N–H and O–H groups in total. The van der Waals surface area contributed by atoms with E-state index in [9.17, 15) is 12.3 Å². The first-order chi connectivity index (χ1) is 6.92. The average molecular weight is 254 g/mol. The highest BCUT2D eigenvalue weighted by molar-refractivity contribution is 7.86. The van der Waals surface area contributed by atoms with Crippen molar-refractivity contribution < 1.29 is 17.0 Å². The minimum Gasteiger partial charge on any atom is -0.481 e. The first kappa shape index (κ1) is 12.2. The van der Waals surface area contributed by atoms with Gasteiger partial charge >= 0.3 is 10.2 Å². The van der Waals surface area contributed by atoms with Crippen LogP contribution in [0.15, 0.2) is 12.3 Å². The van der Waals surface area contributed by atoms with Crippen molar-refractivity contribution in [3.05, 3.63) is 22.8 Å². The minimum absolute atomic E-state index is 0.00343. The summed E-state index contributed by atoms with van der Waals surface area (Å²) in [7, 11) is -3.06. The topological polar surface area (TPSA) is 56.3 Å². The Kier molecular flexibility index (Phi) is 3.87. The number of hydrogen-bond acceptors (Lipinski definition) is 4. The van der Waals surface area contributed by atoms with Gasteiger partial charge in [-0.2, -0.15) is 8.42 Å². The molecule has 0 aliphatic heterocycles. The molecule has 0 aliphatic carbocycles. The van der Waals surface area contributed by atoms with Crippen molar-refractivity contribution in [2.45, 2.75) is 6.42 Å². The molecule has 0 spiro atoms. The van der Waals surface area contributed by atoms with Crippen molar-refractivity contribution in [1.29, 1.82) is 0 Å². The van der Waals surface area contributed by atoms with Crippen molar-refractivity contribution in [1.82, 2.24) is 4.98 Å². The third-order valence-electron chi connectivity index (χ3n) is 1.73. The number of aromatic nitrogens is 1. The normalized spacial score (nSPS) is 11.4. The molecular weight excluding hydrogens is 245 g/mol. The number of ether oxygens (including phenoxy) is 1. The fourth-order valence-electron chi connectivity index (χ4n) is 0.994. The number of pyridine rings is 1. The van der Waals surface area contributed by atoms with E-state index in [4.69, 9.17) is 16.3 Å². The van der Waals surface area contributed by atoms with Gasteiger partial charge in [0.15, 0.2) is 0 Å². The lowest BCUT2D eigenvalue weighted by Crippen LogP contribution is -2.03. The molecule has 0 saturated heterocycles. The fraction of sp³-hybridized carbons (Fsp3) is 0.375. The summed E-state index contributed by atoms with van der Waals surface area (Å²) >= 11 is 5.75. The van der Waals surface area contributed by atoms with E-state index in [1.165, 1.54) is 19.4 Å². The molecule has 0 atom stereocenters. The zero-order valence-electron chi connectivity index (χ0n) is 7.91. The van der Waals surface area contributed by atoms with Crippen LogP contribution in [0.5, 0.6) is 5.88 Å². The number of hydrogen-bond donors (Lipinski definition) is 0. The van der Waals surface area contributed by atoms with Crippen LogP contribution < -0.4 is 4.74 Å². The molecule has 4 nitrogen and oxygen atoms in total. The van der Waals surface area contributed by atoms with Crippen molar-refractivity contribution in [3.63, 3.8) is 0 Å². The van der Waals surface area contributed by atoms with Crippen LogP contribution in [0.1, 0.15) is 5.56 Å². The van der Waals surface area contributed by atoms with Crippen molar-refractivity contribution in [2.24, 2.45) is 0 Å². The fourth-order valence-corrected chi connectivity index (χ4v) is 1.66. The number of halogens is 2. The molecule has 0 amide bonds. The van der Waals surface area contributed by atoms with Gasteiger partial charge in [0.05, 0.1) is 17.9 Å². The Morgan fingerprint density at radius 3 is 2.80 bits per heavy atom. The Morgan fingerprint density at radius 1 is 1.60 bits per heavy atom. The molecule has 1 aromatic heterocycles. The Balaban J connectivity index is 2.84. The minimum atomic E-state index is -4.48. The van der Waals surface area contributed by atoms with Gasteiger partial charge < -0.3 is 4.74 Å². The molecule has 1 aromatic rings. The molecule has 0 saturated carbocycles. The summed E-state index contributed by atoms with van der Waals surface area (Å²) in [5, 5.41) is 0.291. The molecule has 0 aliphatic rings. The van der Waals surface area contributed by atoms with Gasteiger partial charge in [0.25, 0.3) is 0 Å². The van der Waals surface area contributed by atoms with Gasteiger partial charge in [-0.3, -0.25) is 0 Å². The standard InChI is InChI=1S/C8H9ClFNO3S/c1-14-8-4-6(7(9)5-11-8)2-3-15(10,12)13/h4-5H,2-3H2,1H3. The van der Waals surface area contributed by atoms with E-state index in [-0.39, 0.29) is 6.42 Å². The molecule has 84 valence electrons. The van der Waals surface area contributed by atoms with E-state index in [2.05, 4.69) is 4.98 Å². The Hall–Kier alpha value is -0.880. The first-order valence-corrected chi connectivity index (χ1v) is 5.96. The van der Waals surface area contributed by atoms with Crippen LogP contribution in [0, 0.1) is 0 Å². The molecule has 1 heterocycles. The van der Waals surface area contributed by atoms with E-state index in [0.29, 0.717) is 16.5 Å². The van der Waals surface area contributed by atoms with Gasteiger partial charge in [0, 0.05) is 12.3 Å². The highest BCUT2D eigenvalue weighted by atomic mass is 35.5. The van der Waals surface area contributed by atoms with E-state index in [0.717, 1.165) is 0 Å². The van der Waals surface area contributed by atoms with Crippen LogP contribution in [-0.2, 0) is 16.6 Å². The quantitative estimate of drug-likeness (QED) is 0.765. The summed E-state index contributed by atoms with van der Waals surface area (Å²) in [5.74, 6) is -0.287. The Bertz CT molecular complexity index is 449. The van der Waals surface area contributed by atoms with Gasteiger partial charge in [-0.15, -0.1) is 3.89 Å². The lowest BCUT2D eigenvalue weighted by molar-refractivity contribution is 0.397. The van der Waals surface area contributed by atoms with Gasteiger partial charge in [0.2, 0.25) is 5.88 Å². The lowest BCUT2D eigenvalue weighted by atomic mass is 10.2. The van der Waals surface area contributed by atoms with Crippen LogP contribution in [0.3, 0.4) is 0 Å². The second-order valence-electron chi connectivity index (χ2n) is 2.81. The predicted molar refractivity (Wildman–Crippen MR) is 54.4 cm³/mol. The average Bonchev–Trinajstić information content (AvgIpc) is 2.15. The maximum atomic E-state index is 12.3. The smallest absolute Gasteiger partial charge is 0.302 e. The number of rotatable bonds is 4. The Morgan fingerprint density at radius 2 is 2.27 bits per heavy atom. The third-order valence-corrected chi connectivity index (χ3v) is 2.77. The molecular formula is C8H9ClFNO3S. The summed E-state index contributed by atoms with van der Waals surface area (Å²) in [6.45, 7) is 0. The Labute approximate surface area is 92.2 Å². The van der Waals surface area contributed by atoms with Crippen molar-refractivity contribution in [3.8, 4) is 5.88 Å². The van der Waals surface area contributed by atoms with Crippen molar-refractivity contribution in [2.75, 3.05) is 12.9 Å². The highest BCUT2D eigenvalue weighted by Crippen LogP contribution is 2.20. The summed E-state index contributed by atoms with van der Waals surface area (Å²) in [4.78, 5) is 3.80. The summed E-state index contributed by atoms with van der Waals surface area (Å²) in [6, 6.07) is 1.48. The lowest BCUT2D eigenvalue weighted by Gasteiger charge is -2.04. The summed E-state index contributed by atoms with van der Waals surface area (Å²) in [6.07, 6.45) is 1.33. The van der Waals surface area contributed by atoms with Gasteiger partial charge in [0.1, 0.15) is 0 Å². The highest BCUT2D eigenvalue weighted by Gasteiger charge is 2.10. The molecule has 7 heteroatoms. The summed E-state index contributed by atoms with van der Waals surface area (Å²) in [5.41, 5.74) is 0.491. The zero-order chi connectivity index (χ0) is 11.5. The summed E-state index contributed by atoms with van der Waals surface area (Å²) < 4.78 is 37.7. The largest absolute Gasteiger partial charge is 0.481 e. The van der Waals surface area contributed by atoms with E-state index in [1.54, 1.807) is 0 Å². The third kappa shape index (κ3) is 4.01.